The van der Waals surface area contributed by atoms with Gasteiger partial charge in [0.2, 0.25) is 0 Å². The minimum absolute atomic E-state index is 0.163. The van der Waals surface area contributed by atoms with Gasteiger partial charge in [-0.2, -0.15) is 0 Å². The first-order chi connectivity index (χ1) is 7.41. The van der Waals surface area contributed by atoms with Crippen LogP contribution in [0.25, 0.3) is 0 Å². The van der Waals surface area contributed by atoms with Gasteiger partial charge >= 0.3 is 0 Å². The lowest BCUT2D eigenvalue weighted by Gasteiger charge is -2.40. The lowest BCUT2D eigenvalue weighted by molar-refractivity contribution is 0.00338. The molecule has 2 nitrogen and oxygen atoms in total. The van der Waals surface area contributed by atoms with Crippen LogP contribution in [0.1, 0.15) is 25.1 Å². The van der Waals surface area contributed by atoms with Crippen molar-refractivity contribution in [2.24, 2.45) is 0 Å². The maximum atomic E-state index is 10.4. The molecule has 0 aromatic carbocycles. The van der Waals surface area contributed by atoms with Crippen LogP contribution in [0.5, 0.6) is 0 Å². The van der Waals surface area contributed by atoms with Crippen LogP contribution in [-0.4, -0.2) is 35.7 Å². The molecular weight excluding hydrogens is 286 g/mol. The number of aliphatic hydroxyl groups excluding tert-OH is 1. The fourth-order valence-electron chi connectivity index (χ4n) is 1.72. The number of likely N-dealkylation sites (N-methyl/N-ethyl adjacent to an activating group) is 1. The van der Waals surface area contributed by atoms with Crippen molar-refractivity contribution in [2.45, 2.75) is 38.3 Å². The molecule has 4 heteroatoms. The molecule has 0 fully saturated rings. The highest BCUT2D eigenvalue weighted by molar-refractivity contribution is 9.10. The maximum absolute atomic E-state index is 10.4. The molecule has 0 amide bonds. The van der Waals surface area contributed by atoms with E-state index in [1.807, 2.05) is 25.5 Å². The largest absolute Gasteiger partial charge is 0.391 e. The van der Waals surface area contributed by atoms with Crippen molar-refractivity contribution in [1.82, 2.24) is 4.90 Å². The van der Waals surface area contributed by atoms with Crippen LogP contribution in [0.4, 0.5) is 0 Å². The molecular formula is C12H20BrNOS. The van der Waals surface area contributed by atoms with Gasteiger partial charge in [-0.05, 0) is 54.8 Å². The third-order valence-corrected chi connectivity index (χ3v) is 5.47. The van der Waals surface area contributed by atoms with E-state index in [9.17, 15) is 5.11 Å². The Morgan fingerprint density at radius 2 is 2.19 bits per heavy atom. The molecule has 1 heterocycles. The van der Waals surface area contributed by atoms with E-state index >= 15 is 0 Å². The first-order valence-electron chi connectivity index (χ1n) is 5.49. The minimum atomic E-state index is -0.345. The van der Waals surface area contributed by atoms with Crippen molar-refractivity contribution < 1.29 is 5.11 Å². The zero-order chi connectivity index (χ0) is 12.3. The van der Waals surface area contributed by atoms with Crippen LogP contribution in [0.2, 0.25) is 0 Å². The van der Waals surface area contributed by atoms with Gasteiger partial charge in [0.15, 0.2) is 0 Å². The van der Waals surface area contributed by atoms with E-state index in [2.05, 4.69) is 34.7 Å². The molecule has 0 aliphatic rings. The van der Waals surface area contributed by atoms with Crippen LogP contribution < -0.4 is 0 Å². The van der Waals surface area contributed by atoms with Gasteiger partial charge in [0.25, 0.3) is 0 Å². The number of aliphatic hydroxyl groups is 1. The summed E-state index contributed by atoms with van der Waals surface area (Å²) in [4.78, 5) is 3.33. The summed E-state index contributed by atoms with van der Waals surface area (Å²) in [6.07, 6.45) is 1.30. The van der Waals surface area contributed by atoms with Crippen molar-refractivity contribution in [3.63, 3.8) is 0 Å². The summed E-state index contributed by atoms with van der Waals surface area (Å²) in [7, 11) is 4.05. The molecule has 0 aliphatic carbocycles. The van der Waals surface area contributed by atoms with E-state index in [-0.39, 0.29) is 11.6 Å². The van der Waals surface area contributed by atoms with Crippen molar-refractivity contribution in [3.05, 3.63) is 20.8 Å². The SMILES string of the molecule is CCC(C)(C(O)Cc1sccc1Br)N(C)C. The Hall–Kier alpha value is 0.1000. The topological polar surface area (TPSA) is 23.5 Å². The fourth-order valence-corrected chi connectivity index (χ4v) is 3.27. The van der Waals surface area contributed by atoms with Crippen molar-refractivity contribution in [1.29, 1.82) is 0 Å². The lowest BCUT2D eigenvalue weighted by Crippen LogP contribution is -2.51. The molecule has 16 heavy (non-hydrogen) atoms. The highest BCUT2D eigenvalue weighted by Gasteiger charge is 2.33. The van der Waals surface area contributed by atoms with Gasteiger partial charge in [-0.25, -0.2) is 0 Å². The van der Waals surface area contributed by atoms with Crippen LogP contribution in [0.15, 0.2) is 15.9 Å². The Kier molecular flexibility index (Phi) is 4.98. The van der Waals surface area contributed by atoms with E-state index in [1.165, 1.54) is 4.88 Å². The van der Waals surface area contributed by atoms with E-state index in [4.69, 9.17) is 0 Å². The second-order valence-electron chi connectivity index (χ2n) is 4.52. The number of nitrogens with zero attached hydrogens (tertiary/aromatic N) is 1. The van der Waals surface area contributed by atoms with Gasteiger partial charge in [0.05, 0.1) is 6.10 Å². The molecule has 1 N–H and O–H groups in total. The summed E-state index contributed by atoms with van der Waals surface area (Å²) >= 11 is 5.20. The normalized spacial score (nSPS) is 17.4. The lowest BCUT2D eigenvalue weighted by atomic mass is 9.88. The standard InChI is InChI=1S/C12H20BrNOS/c1-5-12(2,14(3)4)11(15)8-10-9(13)6-7-16-10/h6-7,11,15H,5,8H2,1-4H3. The predicted molar refractivity (Wildman–Crippen MR) is 74.1 cm³/mol. The molecule has 0 saturated heterocycles. The Bertz CT molecular complexity index is 340. The Labute approximate surface area is 110 Å². The van der Waals surface area contributed by atoms with E-state index in [0.717, 1.165) is 10.9 Å². The zero-order valence-electron chi connectivity index (χ0n) is 10.3. The quantitative estimate of drug-likeness (QED) is 0.903. The second-order valence-corrected chi connectivity index (χ2v) is 6.37. The predicted octanol–water partition coefficient (Wildman–Crippen LogP) is 3.14. The van der Waals surface area contributed by atoms with E-state index in [1.54, 1.807) is 11.3 Å². The van der Waals surface area contributed by atoms with Crippen molar-refractivity contribution >= 4 is 27.3 Å². The van der Waals surface area contributed by atoms with Crippen molar-refractivity contribution in [3.8, 4) is 0 Å². The summed E-state index contributed by atoms with van der Waals surface area (Å²) < 4.78 is 1.11. The molecule has 0 spiro atoms. The van der Waals surface area contributed by atoms with Gasteiger partial charge in [0, 0.05) is 21.3 Å². The molecule has 0 radical (unpaired) electrons. The highest BCUT2D eigenvalue weighted by Crippen LogP contribution is 2.29. The average molecular weight is 306 g/mol. The monoisotopic (exact) mass is 305 g/mol. The van der Waals surface area contributed by atoms with E-state index in [0.29, 0.717) is 6.42 Å². The Morgan fingerprint density at radius 3 is 2.56 bits per heavy atom. The van der Waals surface area contributed by atoms with Gasteiger partial charge in [-0.15, -0.1) is 11.3 Å². The third-order valence-electron chi connectivity index (χ3n) is 3.53. The molecule has 1 aromatic heterocycles. The minimum Gasteiger partial charge on any atom is -0.391 e. The average Bonchev–Trinajstić information content (AvgIpc) is 2.62. The van der Waals surface area contributed by atoms with Crippen molar-refractivity contribution in [2.75, 3.05) is 14.1 Å². The number of halogens is 1. The number of hydrogen-bond donors (Lipinski definition) is 1. The van der Waals surface area contributed by atoms with Crippen LogP contribution in [0.3, 0.4) is 0 Å². The van der Waals surface area contributed by atoms with Gasteiger partial charge < -0.3 is 10.0 Å². The second kappa shape index (κ2) is 5.63. The van der Waals surface area contributed by atoms with E-state index < -0.39 is 0 Å². The fraction of sp³-hybridized carbons (Fsp3) is 0.667. The molecule has 1 rings (SSSR count). The summed E-state index contributed by atoms with van der Waals surface area (Å²) in [6.45, 7) is 4.23. The summed E-state index contributed by atoms with van der Waals surface area (Å²) in [6, 6.07) is 2.03. The molecule has 92 valence electrons. The molecule has 0 bridgehead atoms. The Morgan fingerprint density at radius 1 is 1.56 bits per heavy atom. The zero-order valence-corrected chi connectivity index (χ0v) is 12.7. The van der Waals surface area contributed by atoms with Crippen LogP contribution >= 0.6 is 27.3 Å². The van der Waals surface area contributed by atoms with Gasteiger partial charge in [-0.3, -0.25) is 0 Å². The molecule has 1 aromatic rings. The summed E-state index contributed by atoms with van der Waals surface area (Å²) in [5, 5.41) is 12.4. The summed E-state index contributed by atoms with van der Waals surface area (Å²) in [5.41, 5.74) is -0.163. The Balaban J connectivity index is 2.78. The van der Waals surface area contributed by atoms with Crippen LogP contribution in [0, 0.1) is 0 Å². The summed E-state index contributed by atoms with van der Waals surface area (Å²) in [5.74, 6) is 0. The number of rotatable bonds is 5. The first kappa shape index (κ1) is 14.2. The third kappa shape index (κ3) is 2.86. The van der Waals surface area contributed by atoms with Crippen LogP contribution in [-0.2, 0) is 6.42 Å². The molecule has 2 atom stereocenters. The van der Waals surface area contributed by atoms with Gasteiger partial charge in [0.1, 0.15) is 0 Å². The molecule has 0 saturated carbocycles. The molecule has 0 aliphatic heterocycles. The smallest absolute Gasteiger partial charge is 0.0769 e. The van der Waals surface area contributed by atoms with Gasteiger partial charge in [-0.1, -0.05) is 6.92 Å². The highest BCUT2D eigenvalue weighted by atomic mass is 79.9. The number of thiophene rings is 1. The number of hydrogen-bond acceptors (Lipinski definition) is 3. The first-order valence-corrected chi connectivity index (χ1v) is 7.16. The molecule has 2 unspecified atom stereocenters. The maximum Gasteiger partial charge on any atom is 0.0769 e.